The van der Waals surface area contributed by atoms with Gasteiger partial charge in [0, 0.05) is 18.1 Å². The van der Waals surface area contributed by atoms with E-state index < -0.39 is 0 Å². The van der Waals surface area contributed by atoms with E-state index in [9.17, 15) is 15.0 Å². The first kappa shape index (κ1) is 21.7. The summed E-state index contributed by atoms with van der Waals surface area (Å²) in [6.07, 6.45) is 11.8. The SMILES string of the molecule is CCCCCCCC(=O)Oc1cc(O)cc2c1[C@H]1CC[C@]3(C)[C@@H](O)CC[C@H]3[C@H]1CC2. The van der Waals surface area contributed by atoms with Gasteiger partial charge in [-0.2, -0.15) is 0 Å². The highest BCUT2D eigenvalue weighted by Crippen LogP contribution is 2.62. The van der Waals surface area contributed by atoms with Gasteiger partial charge in [0.2, 0.25) is 0 Å². The summed E-state index contributed by atoms with van der Waals surface area (Å²) in [5, 5.41) is 20.9. The van der Waals surface area contributed by atoms with E-state index in [1.807, 2.05) is 6.07 Å². The molecule has 30 heavy (non-hydrogen) atoms. The molecule has 2 saturated carbocycles. The Labute approximate surface area is 181 Å². The normalized spacial score (nSPS) is 32.2. The third-order valence-corrected chi connectivity index (χ3v) is 8.43. The number of carbonyl (C=O) groups is 1. The first-order chi connectivity index (χ1) is 14.4. The molecule has 0 aromatic heterocycles. The number of aryl methyl sites for hydroxylation is 1. The molecule has 1 aromatic rings. The highest BCUT2D eigenvalue weighted by atomic mass is 16.5. The van der Waals surface area contributed by atoms with Gasteiger partial charge in [0.25, 0.3) is 0 Å². The van der Waals surface area contributed by atoms with Crippen molar-refractivity contribution in [1.29, 1.82) is 0 Å². The van der Waals surface area contributed by atoms with Crippen LogP contribution in [0.2, 0.25) is 0 Å². The number of fused-ring (bicyclic) bond motifs is 5. The number of benzene rings is 1. The molecule has 2 fully saturated rings. The van der Waals surface area contributed by atoms with Gasteiger partial charge in [-0.05, 0) is 79.7 Å². The quantitative estimate of drug-likeness (QED) is 0.332. The van der Waals surface area contributed by atoms with Gasteiger partial charge in [0.05, 0.1) is 6.10 Å². The lowest BCUT2D eigenvalue weighted by Gasteiger charge is -2.50. The molecule has 3 aliphatic rings. The fourth-order valence-corrected chi connectivity index (χ4v) is 6.77. The second-order valence-corrected chi connectivity index (χ2v) is 10.2. The van der Waals surface area contributed by atoms with Crippen LogP contribution in [0.15, 0.2) is 12.1 Å². The van der Waals surface area contributed by atoms with Crippen molar-refractivity contribution >= 4 is 5.97 Å². The van der Waals surface area contributed by atoms with Crippen LogP contribution in [0.25, 0.3) is 0 Å². The fourth-order valence-electron chi connectivity index (χ4n) is 6.77. The third kappa shape index (κ3) is 4.00. The summed E-state index contributed by atoms with van der Waals surface area (Å²) in [5.74, 6) is 2.03. The van der Waals surface area contributed by atoms with Crippen LogP contribution in [0.3, 0.4) is 0 Å². The minimum atomic E-state index is -0.185. The first-order valence-corrected chi connectivity index (χ1v) is 12.2. The van der Waals surface area contributed by atoms with Crippen molar-refractivity contribution in [3.63, 3.8) is 0 Å². The van der Waals surface area contributed by atoms with E-state index >= 15 is 0 Å². The average molecular weight is 415 g/mol. The zero-order chi connectivity index (χ0) is 21.3. The number of unbranched alkanes of at least 4 members (excludes halogenated alkanes) is 4. The number of phenolic OH excluding ortho intramolecular Hbond substituents is 1. The van der Waals surface area contributed by atoms with Crippen molar-refractivity contribution in [3.8, 4) is 11.5 Å². The maximum Gasteiger partial charge on any atom is 0.311 e. The number of hydrogen-bond donors (Lipinski definition) is 2. The Kier molecular flexibility index (Phi) is 6.43. The standard InChI is InChI=1S/C26H38O4/c1-3-4-5-6-7-8-24(29)30-22-16-18(27)15-17-9-10-19-20(25(17)22)13-14-26(2)21(19)11-12-23(26)28/h15-16,19-21,23,27-28H,3-14H2,1-2H3/t19-,20-,21-,23-,26-/m0/s1. The minimum Gasteiger partial charge on any atom is -0.508 e. The lowest BCUT2D eigenvalue weighted by molar-refractivity contribution is -0.134. The van der Waals surface area contributed by atoms with Gasteiger partial charge < -0.3 is 14.9 Å². The number of hydrogen-bond acceptors (Lipinski definition) is 4. The predicted octanol–water partition coefficient (Wildman–Crippen LogP) is 5.88. The lowest BCUT2D eigenvalue weighted by Crippen LogP contribution is -2.44. The van der Waals surface area contributed by atoms with E-state index in [-0.39, 0.29) is 23.2 Å². The predicted molar refractivity (Wildman–Crippen MR) is 118 cm³/mol. The Bertz CT molecular complexity index is 773. The maximum atomic E-state index is 12.5. The van der Waals surface area contributed by atoms with E-state index in [2.05, 4.69) is 13.8 Å². The summed E-state index contributed by atoms with van der Waals surface area (Å²) < 4.78 is 5.86. The van der Waals surface area contributed by atoms with E-state index in [0.29, 0.717) is 29.9 Å². The Balaban J connectivity index is 1.52. The number of aliphatic hydroxyl groups is 1. The highest BCUT2D eigenvalue weighted by molar-refractivity contribution is 5.73. The lowest BCUT2D eigenvalue weighted by atomic mass is 9.55. The van der Waals surface area contributed by atoms with Crippen molar-refractivity contribution in [3.05, 3.63) is 23.3 Å². The van der Waals surface area contributed by atoms with E-state index in [1.54, 1.807) is 6.07 Å². The number of rotatable bonds is 7. The van der Waals surface area contributed by atoms with Crippen LogP contribution in [-0.2, 0) is 11.2 Å². The smallest absolute Gasteiger partial charge is 0.311 e. The van der Waals surface area contributed by atoms with Crippen LogP contribution in [0, 0.1) is 17.3 Å². The summed E-state index contributed by atoms with van der Waals surface area (Å²) in [5.41, 5.74) is 2.33. The molecule has 5 atom stereocenters. The molecule has 166 valence electrons. The molecule has 0 spiro atoms. The average Bonchev–Trinajstić information content (AvgIpc) is 3.02. The summed E-state index contributed by atoms with van der Waals surface area (Å²) in [7, 11) is 0. The molecule has 0 radical (unpaired) electrons. The molecule has 0 heterocycles. The minimum absolute atomic E-state index is 0.0327. The highest BCUT2D eigenvalue weighted by Gasteiger charge is 2.54. The zero-order valence-corrected chi connectivity index (χ0v) is 18.7. The van der Waals surface area contributed by atoms with Crippen molar-refractivity contribution in [2.45, 2.75) is 103 Å². The molecule has 2 N–H and O–H groups in total. The van der Waals surface area contributed by atoms with Gasteiger partial charge >= 0.3 is 5.97 Å². The molecule has 4 rings (SSSR count). The summed E-state index contributed by atoms with van der Waals surface area (Å²) >= 11 is 0. The van der Waals surface area contributed by atoms with Gasteiger partial charge in [-0.3, -0.25) is 4.79 Å². The fraction of sp³-hybridized carbons (Fsp3) is 0.731. The number of ether oxygens (including phenoxy) is 1. The van der Waals surface area contributed by atoms with Gasteiger partial charge in [-0.15, -0.1) is 0 Å². The molecule has 0 bridgehead atoms. The second-order valence-electron chi connectivity index (χ2n) is 10.2. The number of carbonyl (C=O) groups excluding carboxylic acids is 1. The molecule has 3 aliphatic carbocycles. The monoisotopic (exact) mass is 414 g/mol. The van der Waals surface area contributed by atoms with Gasteiger partial charge in [0.1, 0.15) is 11.5 Å². The topological polar surface area (TPSA) is 66.8 Å². The number of aromatic hydroxyl groups is 1. The Hall–Kier alpha value is -1.55. The van der Waals surface area contributed by atoms with Crippen LogP contribution in [-0.4, -0.2) is 22.3 Å². The van der Waals surface area contributed by atoms with Gasteiger partial charge in [-0.25, -0.2) is 0 Å². The van der Waals surface area contributed by atoms with E-state index in [0.717, 1.165) is 62.5 Å². The van der Waals surface area contributed by atoms with E-state index in [4.69, 9.17) is 4.74 Å². The van der Waals surface area contributed by atoms with E-state index in [1.165, 1.54) is 19.3 Å². The Morgan fingerprint density at radius 3 is 2.73 bits per heavy atom. The Morgan fingerprint density at radius 1 is 1.13 bits per heavy atom. The van der Waals surface area contributed by atoms with Crippen LogP contribution >= 0.6 is 0 Å². The molecule has 4 nitrogen and oxygen atoms in total. The van der Waals surface area contributed by atoms with Gasteiger partial charge in [-0.1, -0.05) is 39.5 Å². The molecular formula is C26H38O4. The summed E-state index contributed by atoms with van der Waals surface area (Å²) in [6, 6.07) is 3.51. The van der Waals surface area contributed by atoms with Crippen LogP contribution in [0.1, 0.15) is 102 Å². The van der Waals surface area contributed by atoms with Gasteiger partial charge in [0.15, 0.2) is 0 Å². The molecular weight excluding hydrogens is 376 g/mol. The largest absolute Gasteiger partial charge is 0.508 e. The van der Waals surface area contributed by atoms with Crippen molar-refractivity contribution in [2.75, 3.05) is 0 Å². The number of phenols is 1. The Morgan fingerprint density at radius 2 is 1.93 bits per heavy atom. The van der Waals surface area contributed by atoms with Crippen LogP contribution in [0.5, 0.6) is 11.5 Å². The summed E-state index contributed by atoms with van der Waals surface area (Å²) in [6.45, 7) is 4.46. The molecule has 0 saturated heterocycles. The van der Waals surface area contributed by atoms with Crippen LogP contribution < -0.4 is 4.74 Å². The summed E-state index contributed by atoms with van der Waals surface area (Å²) in [4.78, 5) is 12.5. The molecule has 0 unspecified atom stereocenters. The first-order valence-electron chi connectivity index (χ1n) is 12.2. The number of aliphatic hydroxyl groups excluding tert-OH is 1. The third-order valence-electron chi connectivity index (χ3n) is 8.43. The second kappa shape index (κ2) is 8.90. The molecule has 0 amide bonds. The van der Waals surface area contributed by atoms with Crippen molar-refractivity contribution in [1.82, 2.24) is 0 Å². The molecule has 1 aromatic carbocycles. The van der Waals surface area contributed by atoms with Crippen molar-refractivity contribution in [2.24, 2.45) is 17.3 Å². The molecule has 4 heteroatoms. The molecule has 0 aliphatic heterocycles. The maximum absolute atomic E-state index is 12.5. The zero-order valence-electron chi connectivity index (χ0n) is 18.7. The van der Waals surface area contributed by atoms with Crippen molar-refractivity contribution < 1.29 is 19.7 Å². The van der Waals surface area contributed by atoms with Crippen LogP contribution in [0.4, 0.5) is 0 Å². The number of esters is 1.